The third-order valence-corrected chi connectivity index (χ3v) is 4.45. The van der Waals surface area contributed by atoms with E-state index in [2.05, 4.69) is 9.97 Å². The number of halogens is 1. The molecule has 0 atom stereocenters. The van der Waals surface area contributed by atoms with Crippen LogP contribution in [0.4, 0.5) is 10.1 Å². The van der Waals surface area contributed by atoms with Gasteiger partial charge in [0.1, 0.15) is 16.5 Å². The molecule has 0 spiro atoms. The van der Waals surface area contributed by atoms with Gasteiger partial charge in [0.25, 0.3) is 0 Å². The van der Waals surface area contributed by atoms with E-state index >= 15 is 0 Å². The number of aromatic nitrogens is 2. The van der Waals surface area contributed by atoms with Crippen LogP contribution in [0.25, 0.3) is 0 Å². The van der Waals surface area contributed by atoms with E-state index in [0.717, 1.165) is 16.4 Å². The Morgan fingerprint density at radius 2 is 2.21 bits per heavy atom. The smallest absolute Gasteiger partial charge is 0.245 e. The summed E-state index contributed by atoms with van der Waals surface area (Å²) in [4.78, 5) is 6.48. The number of aromatic amines is 1. The lowest BCUT2D eigenvalue weighted by Crippen LogP contribution is -2.27. The number of benzene rings is 1. The summed E-state index contributed by atoms with van der Waals surface area (Å²) < 4.78 is 38.8. The molecule has 2 aromatic rings. The van der Waals surface area contributed by atoms with Gasteiger partial charge in [-0.3, -0.25) is 0 Å². The topological polar surface area (TPSA) is 92.1 Å². The second kappa shape index (κ2) is 4.98. The predicted molar refractivity (Wildman–Crippen MR) is 68.1 cm³/mol. The molecule has 3 N–H and O–H groups in total. The SMILES string of the molecule is CN(Cc1ncc[nH]1)S(=O)(=O)c1cc(F)ccc1N. The molecule has 6 nitrogen and oxygen atoms in total. The van der Waals surface area contributed by atoms with Crippen LogP contribution in [-0.4, -0.2) is 29.7 Å². The standard InChI is InChI=1S/C11H13FN4O2S/c1-16(7-11-14-4-5-15-11)19(17,18)10-6-8(12)2-3-9(10)13/h2-6H,7,13H2,1H3,(H,14,15). The van der Waals surface area contributed by atoms with Gasteiger partial charge in [0, 0.05) is 19.4 Å². The summed E-state index contributed by atoms with van der Waals surface area (Å²) in [6, 6.07) is 3.24. The number of nitrogens with zero attached hydrogens (tertiary/aromatic N) is 2. The minimum absolute atomic E-state index is 0.00712. The Labute approximate surface area is 110 Å². The maximum atomic E-state index is 13.2. The maximum Gasteiger partial charge on any atom is 0.245 e. The van der Waals surface area contributed by atoms with Gasteiger partial charge in [-0.2, -0.15) is 4.31 Å². The number of anilines is 1. The van der Waals surface area contributed by atoms with E-state index in [-0.39, 0.29) is 17.1 Å². The van der Waals surface area contributed by atoms with Crippen LogP contribution in [0.15, 0.2) is 35.5 Å². The Balaban J connectivity index is 2.33. The van der Waals surface area contributed by atoms with Crippen LogP contribution in [0.1, 0.15) is 5.82 Å². The molecule has 0 radical (unpaired) electrons. The van der Waals surface area contributed by atoms with E-state index in [4.69, 9.17) is 5.73 Å². The maximum absolute atomic E-state index is 13.2. The first-order valence-electron chi connectivity index (χ1n) is 5.41. The van der Waals surface area contributed by atoms with E-state index in [1.165, 1.54) is 19.3 Å². The van der Waals surface area contributed by atoms with Crippen LogP contribution in [0, 0.1) is 5.82 Å². The Bertz CT molecular complexity index is 670. The van der Waals surface area contributed by atoms with Crippen LogP contribution >= 0.6 is 0 Å². The van der Waals surface area contributed by atoms with Crippen LogP contribution in [0.5, 0.6) is 0 Å². The fourth-order valence-corrected chi connectivity index (χ4v) is 2.84. The molecule has 1 aromatic carbocycles. The van der Waals surface area contributed by atoms with Crippen molar-refractivity contribution in [3.05, 3.63) is 42.2 Å². The number of imidazole rings is 1. The highest BCUT2D eigenvalue weighted by atomic mass is 32.2. The van der Waals surface area contributed by atoms with Crippen molar-refractivity contribution in [2.45, 2.75) is 11.4 Å². The fraction of sp³-hybridized carbons (Fsp3) is 0.182. The fourth-order valence-electron chi connectivity index (χ4n) is 1.58. The Morgan fingerprint density at radius 1 is 1.47 bits per heavy atom. The highest BCUT2D eigenvalue weighted by Crippen LogP contribution is 2.23. The van der Waals surface area contributed by atoms with E-state index in [1.807, 2.05) is 0 Å². The first-order chi connectivity index (χ1) is 8.91. The summed E-state index contributed by atoms with van der Waals surface area (Å²) in [6.45, 7) is 0.0469. The molecular weight excluding hydrogens is 271 g/mol. The van der Waals surface area contributed by atoms with Gasteiger partial charge >= 0.3 is 0 Å². The number of nitrogens with one attached hydrogen (secondary N) is 1. The molecule has 8 heteroatoms. The van der Waals surface area contributed by atoms with Crippen molar-refractivity contribution in [2.75, 3.05) is 12.8 Å². The second-order valence-electron chi connectivity index (χ2n) is 3.98. The van der Waals surface area contributed by atoms with Crippen LogP contribution in [0.2, 0.25) is 0 Å². The minimum Gasteiger partial charge on any atom is -0.398 e. The van der Waals surface area contributed by atoms with Gasteiger partial charge in [0.15, 0.2) is 0 Å². The molecular formula is C11H13FN4O2S. The van der Waals surface area contributed by atoms with Gasteiger partial charge in [-0.15, -0.1) is 0 Å². The average Bonchev–Trinajstić information content (AvgIpc) is 2.85. The molecule has 1 heterocycles. The summed E-state index contributed by atoms with van der Waals surface area (Å²) >= 11 is 0. The van der Waals surface area contributed by atoms with Crippen molar-refractivity contribution in [3.8, 4) is 0 Å². The molecule has 0 unspecified atom stereocenters. The van der Waals surface area contributed by atoms with Crippen molar-refractivity contribution in [1.29, 1.82) is 0 Å². The molecule has 1 aromatic heterocycles. The molecule has 0 fully saturated rings. The molecule has 102 valence electrons. The largest absolute Gasteiger partial charge is 0.398 e. The third kappa shape index (κ3) is 2.74. The first kappa shape index (κ1) is 13.5. The van der Waals surface area contributed by atoms with Gasteiger partial charge in [0.2, 0.25) is 10.0 Å². The zero-order valence-corrected chi connectivity index (χ0v) is 11.0. The van der Waals surface area contributed by atoms with Crippen molar-refractivity contribution in [2.24, 2.45) is 0 Å². The van der Waals surface area contributed by atoms with Gasteiger partial charge in [0.05, 0.1) is 12.2 Å². The molecule has 2 rings (SSSR count). The van der Waals surface area contributed by atoms with Crippen molar-refractivity contribution in [3.63, 3.8) is 0 Å². The lowest BCUT2D eigenvalue weighted by Gasteiger charge is -2.17. The molecule has 0 aliphatic carbocycles. The van der Waals surface area contributed by atoms with E-state index < -0.39 is 15.8 Å². The van der Waals surface area contributed by atoms with Crippen molar-refractivity contribution >= 4 is 15.7 Å². The number of sulfonamides is 1. The summed E-state index contributed by atoms with van der Waals surface area (Å²) in [6.07, 6.45) is 3.11. The predicted octanol–water partition coefficient (Wildman–Crippen LogP) is 0.952. The zero-order chi connectivity index (χ0) is 14.0. The molecule has 0 aliphatic heterocycles. The van der Waals surface area contributed by atoms with Gasteiger partial charge < -0.3 is 10.7 Å². The van der Waals surface area contributed by atoms with Crippen LogP contribution in [0.3, 0.4) is 0 Å². The summed E-state index contributed by atoms with van der Waals surface area (Å²) in [5.41, 5.74) is 5.60. The van der Waals surface area contributed by atoms with Gasteiger partial charge in [-0.05, 0) is 18.2 Å². The number of hydrogen-bond donors (Lipinski definition) is 2. The second-order valence-corrected chi connectivity index (χ2v) is 5.99. The minimum atomic E-state index is -3.86. The Kier molecular flexibility index (Phi) is 3.54. The quantitative estimate of drug-likeness (QED) is 0.818. The monoisotopic (exact) mass is 284 g/mol. The Hall–Kier alpha value is -1.93. The normalized spacial score (nSPS) is 11.9. The highest BCUT2D eigenvalue weighted by Gasteiger charge is 2.24. The third-order valence-electron chi connectivity index (χ3n) is 2.59. The molecule has 19 heavy (non-hydrogen) atoms. The Morgan fingerprint density at radius 3 is 2.84 bits per heavy atom. The highest BCUT2D eigenvalue weighted by molar-refractivity contribution is 7.89. The molecule has 0 amide bonds. The molecule has 0 saturated heterocycles. The summed E-state index contributed by atoms with van der Waals surface area (Å²) in [7, 11) is -2.48. The number of nitrogens with two attached hydrogens (primary N) is 1. The first-order valence-corrected chi connectivity index (χ1v) is 6.85. The van der Waals surface area contributed by atoms with Crippen molar-refractivity contribution < 1.29 is 12.8 Å². The molecule has 0 saturated carbocycles. The molecule has 0 aliphatic rings. The van der Waals surface area contributed by atoms with Gasteiger partial charge in [-0.25, -0.2) is 17.8 Å². The van der Waals surface area contributed by atoms with Crippen molar-refractivity contribution in [1.82, 2.24) is 14.3 Å². The lowest BCUT2D eigenvalue weighted by atomic mass is 10.3. The van der Waals surface area contributed by atoms with Crippen LogP contribution in [-0.2, 0) is 16.6 Å². The molecule has 0 bridgehead atoms. The average molecular weight is 284 g/mol. The van der Waals surface area contributed by atoms with Gasteiger partial charge in [-0.1, -0.05) is 0 Å². The number of nitrogen functional groups attached to an aromatic ring is 1. The summed E-state index contributed by atoms with van der Waals surface area (Å²) in [5.74, 6) is -0.166. The van der Waals surface area contributed by atoms with E-state index in [9.17, 15) is 12.8 Å². The summed E-state index contributed by atoms with van der Waals surface area (Å²) in [5, 5.41) is 0. The zero-order valence-electron chi connectivity index (χ0n) is 10.2. The lowest BCUT2D eigenvalue weighted by molar-refractivity contribution is 0.458. The van der Waals surface area contributed by atoms with E-state index in [1.54, 1.807) is 6.20 Å². The number of rotatable bonds is 4. The number of H-pyrrole nitrogens is 1. The number of hydrogen-bond acceptors (Lipinski definition) is 4. The van der Waals surface area contributed by atoms with Crippen LogP contribution < -0.4 is 5.73 Å². The van der Waals surface area contributed by atoms with E-state index in [0.29, 0.717) is 5.82 Å².